The van der Waals surface area contributed by atoms with Crippen molar-refractivity contribution >= 4 is 17.8 Å². The van der Waals surface area contributed by atoms with Crippen LogP contribution in [0.15, 0.2) is 41.6 Å². The van der Waals surface area contributed by atoms with Crippen LogP contribution < -0.4 is 5.32 Å². The largest absolute Gasteiger partial charge is 0.317 e. The first kappa shape index (κ1) is 16.3. The first-order valence-corrected chi connectivity index (χ1v) is 9.25. The van der Waals surface area contributed by atoms with Gasteiger partial charge in [0.2, 0.25) is 0 Å². The molecule has 1 aliphatic rings. The topological polar surface area (TPSA) is 42.7 Å². The summed E-state index contributed by atoms with van der Waals surface area (Å²) in [6, 6.07) is 10.4. The minimum absolute atomic E-state index is 0.745. The first-order valence-electron chi connectivity index (χ1n) is 8.26. The molecule has 1 aromatic heterocycles. The Balaban J connectivity index is 1.51. The minimum Gasteiger partial charge on any atom is -0.317 e. The zero-order chi connectivity index (χ0) is 15.9. The fraction of sp³-hybridized carbons (Fsp3) is 0.444. The van der Waals surface area contributed by atoms with Gasteiger partial charge in [-0.15, -0.1) is 10.2 Å². The predicted molar refractivity (Wildman–Crippen MR) is 96.5 cm³/mol. The van der Waals surface area contributed by atoms with E-state index >= 15 is 0 Å². The van der Waals surface area contributed by atoms with Gasteiger partial charge in [0.05, 0.1) is 0 Å². The van der Waals surface area contributed by atoms with E-state index in [9.17, 15) is 0 Å². The Morgan fingerprint density at radius 2 is 2.00 bits per heavy atom. The van der Waals surface area contributed by atoms with Crippen LogP contribution in [0, 0.1) is 5.92 Å². The summed E-state index contributed by atoms with van der Waals surface area (Å²) < 4.78 is 2.16. The van der Waals surface area contributed by atoms with Crippen LogP contribution in [0.1, 0.15) is 24.2 Å². The maximum absolute atomic E-state index is 4.39. The van der Waals surface area contributed by atoms with Crippen molar-refractivity contribution < 1.29 is 0 Å². The minimum atomic E-state index is 0.745. The smallest absolute Gasteiger partial charge is 0.191 e. The van der Waals surface area contributed by atoms with E-state index in [1.54, 1.807) is 11.8 Å². The third kappa shape index (κ3) is 4.69. The normalized spacial score (nSPS) is 16.2. The molecule has 23 heavy (non-hydrogen) atoms. The summed E-state index contributed by atoms with van der Waals surface area (Å²) in [5.41, 5.74) is 1.23. The number of piperidine rings is 1. The third-order valence-corrected chi connectivity index (χ3v) is 5.25. The monoisotopic (exact) mass is 328 g/mol. The Morgan fingerprint density at radius 3 is 2.78 bits per heavy atom. The molecule has 3 rings (SSSR count). The van der Waals surface area contributed by atoms with Gasteiger partial charge in [0.25, 0.3) is 0 Å². The average molecular weight is 328 g/mol. The van der Waals surface area contributed by atoms with E-state index in [-0.39, 0.29) is 0 Å². The summed E-state index contributed by atoms with van der Waals surface area (Å²) in [6.07, 6.45) is 7.87. The number of hydrogen-bond donors (Lipinski definition) is 1. The lowest BCUT2D eigenvalue weighted by molar-refractivity contribution is 0.363. The van der Waals surface area contributed by atoms with Gasteiger partial charge in [-0.1, -0.05) is 54.2 Å². The Labute approximate surface area is 142 Å². The molecule has 2 aromatic rings. The first-order chi connectivity index (χ1) is 11.3. The van der Waals surface area contributed by atoms with Gasteiger partial charge in [-0.05, 0) is 37.4 Å². The highest BCUT2D eigenvalue weighted by atomic mass is 32.2. The van der Waals surface area contributed by atoms with E-state index in [0.717, 1.165) is 42.2 Å². The van der Waals surface area contributed by atoms with Crippen molar-refractivity contribution in [1.29, 1.82) is 0 Å². The molecule has 1 saturated heterocycles. The number of benzene rings is 1. The lowest BCUT2D eigenvalue weighted by Gasteiger charge is -2.21. The molecule has 1 aromatic carbocycles. The maximum Gasteiger partial charge on any atom is 0.191 e. The fourth-order valence-corrected chi connectivity index (χ4v) is 3.60. The van der Waals surface area contributed by atoms with Gasteiger partial charge in [0.1, 0.15) is 5.82 Å². The van der Waals surface area contributed by atoms with E-state index in [2.05, 4.69) is 63.5 Å². The molecule has 122 valence electrons. The molecule has 1 fully saturated rings. The summed E-state index contributed by atoms with van der Waals surface area (Å²) in [7, 11) is 2.08. The van der Waals surface area contributed by atoms with Crippen LogP contribution in [0.25, 0.3) is 6.08 Å². The molecule has 5 heteroatoms. The van der Waals surface area contributed by atoms with Gasteiger partial charge in [-0.2, -0.15) is 0 Å². The van der Waals surface area contributed by atoms with Crippen LogP contribution in [-0.4, -0.2) is 33.6 Å². The zero-order valence-electron chi connectivity index (χ0n) is 13.6. The lowest BCUT2D eigenvalue weighted by atomic mass is 9.94. The Hall–Kier alpha value is -1.59. The van der Waals surface area contributed by atoms with Crippen LogP contribution in [0.2, 0.25) is 0 Å². The Morgan fingerprint density at radius 1 is 1.22 bits per heavy atom. The van der Waals surface area contributed by atoms with E-state index < -0.39 is 0 Å². The molecule has 0 aliphatic carbocycles. The summed E-state index contributed by atoms with van der Waals surface area (Å²) in [5.74, 6) is 2.77. The predicted octanol–water partition coefficient (Wildman–Crippen LogP) is 3.16. The van der Waals surface area contributed by atoms with Crippen LogP contribution in [0.4, 0.5) is 0 Å². The molecule has 0 amide bonds. The SMILES string of the molecule is Cn1c(CC2CCNCC2)nnc1SCC=Cc1ccccc1. The van der Waals surface area contributed by atoms with Crippen molar-refractivity contribution in [1.82, 2.24) is 20.1 Å². The Kier molecular flexibility index (Phi) is 5.88. The van der Waals surface area contributed by atoms with E-state index in [1.807, 2.05) is 6.07 Å². The molecule has 0 radical (unpaired) electrons. The van der Waals surface area contributed by atoms with E-state index in [4.69, 9.17) is 0 Å². The average Bonchev–Trinajstić information content (AvgIpc) is 2.94. The third-order valence-electron chi connectivity index (χ3n) is 4.27. The molecule has 0 saturated carbocycles. The molecule has 0 unspecified atom stereocenters. The van der Waals surface area contributed by atoms with Gasteiger partial charge in [0.15, 0.2) is 5.16 Å². The van der Waals surface area contributed by atoms with Gasteiger partial charge in [-0.3, -0.25) is 0 Å². The lowest BCUT2D eigenvalue weighted by Crippen LogP contribution is -2.29. The van der Waals surface area contributed by atoms with Crippen LogP contribution in [0.3, 0.4) is 0 Å². The molecule has 1 aliphatic heterocycles. The number of rotatable bonds is 6. The quantitative estimate of drug-likeness (QED) is 0.827. The second kappa shape index (κ2) is 8.31. The van der Waals surface area contributed by atoms with Crippen molar-refractivity contribution in [3.63, 3.8) is 0 Å². The van der Waals surface area contributed by atoms with Crippen LogP contribution in [-0.2, 0) is 13.5 Å². The van der Waals surface area contributed by atoms with Crippen molar-refractivity contribution in [3.05, 3.63) is 47.8 Å². The molecular formula is C18H24N4S. The molecule has 4 nitrogen and oxygen atoms in total. The number of nitrogens with zero attached hydrogens (tertiary/aromatic N) is 3. The maximum atomic E-state index is 4.39. The number of thioether (sulfide) groups is 1. The molecule has 0 spiro atoms. The van der Waals surface area contributed by atoms with Gasteiger partial charge < -0.3 is 9.88 Å². The standard InChI is InChI=1S/C18H24N4S/c1-22-17(14-16-9-11-19-12-10-16)20-21-18(22)23-13-5-8-15-6-3-2-4-7-15/h2-8,16,19H,9-14H2,1H3. The van der Waals surface area contributed by atoms with E-state index in [0.29, 0.717) is 0 Å². The highest BCUT2D eigenvalue weighted by molar-refractivity contribution is 7.99. The number of hydrogen-bond acceptors (Lipinski definition) is 4. The summed E-state index contributed by atoms with van der Waals surface area (Å²) in [6.45, 7) is 2.27. The molecule has 2 heterocycles. The summed E-state index contributed by atoms with van der Waals surface area (Å²) >= 11 is 1.74. The van der Waals surface area contributed by atoms with Crippen molar-refractivity contribution in [2.24, 2.45) is 13.0 Å². The fourth-order valence-electron chi connectivity index (χ4n) is 2.86. The highest BCUT2D eigenvalue weighted by Gasteiger charge is 2.17. The van der Waals surface area contributed by atoms with E-state index in [1.165, 1.54) is 18.4 Å². The highest BCUT2D eigenvalue weighted by Crippen LogP contribution is 2.21. The Bertz CT molecular complexity index is 630. The molecular weight excluding hydrogens is 304 g/mol. The van der Waals surface area contributed by atoms with Crippen LogP contribution in [0.5, 0.6) is 0 Å². The van der Waals surface area contributed by atoms with Gasteiger partial charge >= 0.3 is 0 Å². The second-order valence-electron chi connectivity index (χ2n) is 5.98. The summed E-state index contributed by atoms with van der Waals surface area (Å²) in [4.78, 5) is 0. The van der Waals surface area contributed by atoms with Crippen molar-refractivity contribution in [3.8, 4) is 0 Å². The zero-order valence-corrected chi connectivity index (χ0v) is 14.4. The van der Waals surface area contributed by atoms with Crippen molar-refractivity contribution in [2.75, 3.05) is 18.8 Å². The van der Waals surface area contributed by atoms with Gasteiger partial charge in [-0.25, -0.2) is 0 Å². The second-order valence-corrected chi connectivity index (χ2v) is 6.97. The molecule has 0 bridgehead atoms. The number of aromatic nitrogens is 3. The van der Waals surface area contributed by atoms with Gasteiger partial charge in [0, 0.05) is 19.2 Å². The molecule has 1 N–H and O–H groups in total. The summed E-state index contributed by atoms with van der Waals surface area (Å²) in [5, 5.41) is 13.2. The number of nitrogens with one attached hydrogen (secondary N) is 1. The van der Waals surface area contributed by atoms with Crippen molar-refractivity contribution in [2.45, 2.75) is 24.4 Å². The van der Waals surface area contributed by atoms with Crippen LogP contribution >= 0.6 is 11.8 Å². The molecule has 0 atom stereocenters.